The molecule has 0 aliphatic carbocycles. The molecule has 1 aliphatic rings. The summed E-state index contributed by atoms with van der Waals surface area (Å²) >= 11 is 0. The van der Waals surface area contributed by atoms with Crippen molar-refractivity contribution in [3.63, 3.8) is 0 Å². The van der Waals surface area contributed by atoms with Crippen LogP contribution in [0.15, 0.2) is 42.0 Å². The molecule has 0 saturated carbocycles. The third-order valence-corrected chi connectivity index (χ3v) is 4.60. The van der Waals surface area contributed by atoms with E-state index in [4.69, 9.17) is 4.74 Å². The zero-order valence-electron chi connectivity index (χ0n) is 15.9. The molecule has 0 spiro atoms. The lowest BCUT2D eigenvalue weighted by Gasteiger charge is -2.27. The maximum atomic E-state index is 12.9. The number of anilines is 1. The molecule has 0 radical (unpaired) electrons. The van der Waals surface area contributed by atoms with Crippen molar-refractivity contribution in [2.45, 2.75) is 13.8 Å². The average Bonchev–Trinajstić information content (AvgIpc) is 2.67. The molecule has 29 heavy (non-hydrogen) atoms. The summed E-state index contributed by atoms with van der Waals surface area (Å²) in [6, 6.07) is 8.27. The van der Waals surface area contributed by atoms with Crippen LogP contribution in [0.3, 0.4) is 0 Å². The molecule has 148 valence electrons. The predicted octanol–water partition coefficient (Wildman–Crippen LogP) is 1.34. The number of barbiturate groups is 1. The molecular formula is C21H17N2O6-. The number of amides is 4. The molecule has 4 amide bonds. The molecule has 2 aromatic carbocycles. The van der Waals surface area contributed by atoms with Gasteiger partial charge >= 0.3 is 6.03 Å². The van der Waals surface area contributed by atoms with Crippen molar-refractivity contribution >= 4 is 35.6 Å². The minimum absolute atomic E-state index is 0.0820. The highest BCUT2D eigenvalue weighted by molar-refractivity contribution is 6.39. The molecular weight excluding hydrogens is 376 g/mol. The van der Waals surface area contributed by atoms with Gasteiger partial charge in [-0.3, -0.25) is 14.9 Å². The van der Waals surface area contributed by atoms with Gasteiger partial charge in [-0.05, 0) is 60.9 Å². The van der Waals surface area contributed by atoms with E-state index in [9.17, 15) is 24.3 Å². The number of hydrogen-bond donors (Lipinski definition) is 1. The molecule has 8 nitrogen and oxygen atoms in total. The highest BCUT2D eigenvalue weighted by Crippen LogP contribution is 2.25. The number of ether oxygens (including phenoxy) is 1. The first-order chi connectivity index (χ1) is 13.7. The Morgan fingerprint density at radius 1 is 1.07 bits per heavy atom. The first-order valence-electron chi connectivity index (χ1n) is 8.61. The monoisotopic (exact) mass is 393 g/mol. The van der Waals surface area contributed by atoms with E-state index in [-0.39, 0.29) is 22.4 Å². The molecule has 2 aromatic rings. The zero-order valence-corrected chi connectivity index (χ0v) is 15.9. The molecule has 0 unspecified atom stereocenters. The second-order valence-electron chi connectivity index (χ2n) is 6.47. The van der Waals surface area contributed by atoms with Gasteiger partial charge in [-0.25, -0.2) is 9.69 Å². The maximum Gasteiger partial charge on any atom is 0.335 e. The Bertz CT molecular complexity index is 1090. The minimum Gasteiger partial charge on any atom is -0.545 e. The number of aryl methyl sites for hydroxylation is 2. The fraction of sp³-hybridized carbons (Fsp3) is 0.143. The topological polar surface area (TPSA) is 116 Å². The molecule has 8 heteroatoms. The predicted molar refractivity (Wildman–Crippen MR) is 102 cm³/mol. The fourth-order valence-corrected chi connectivity index (χ4v) is 2.90. The van der Waals surface area contributed by atoms with E-state index in [2.05, 4.69) is 5.32 Å². The highest BCUT2D eigenvalue weighted by Gasteiger charge is 2.36. The second-order valence-corrected chi connectivity index (χ2v) is 6.47. The number of methoxy groups -OCH3 is 1. The first-order valence-corrected chi connectivity index (χ1v) is 8.61. The number of benzene rings is 2. The summed E-state index contributed by atoms with van der Waals surface area (Å²) < 4.78 is 4.96. The van der Waals surface area contributed by atoms with Crippen LogP contribution < -0.4 is 20.1 Å². The van der Waals surface area contributed by atoms with Crippen LogP contribution in [-0.2, 0) is 9.59 Å². The van der Waals surface area contributed by atoms with Gasteiger partial charge in [-0.15, -0.1) is 0 Å². The van der Waals surface area contributed by atoms with Crippen LogP contribution >= 0.6 is 0 Å². The average molecular weight is 393 g/mol. The lowest BCUT2D eigenvalue weighted by atomic mass is 10.0. The van der Waals surface area contributed by atoms with Gasteiger partial charge in [0.15, 0.2) is 0 Å². The molecule has 1 saturated heterocycles. The largest absolute Gasteiger partial charge is 0.545 e. The molecule has 1 aliphatic heterocycles. The lowest BCUT2D eigenvalue weighted by Crippen LogP contribution is -2.54. The van der Waals surface area contributed by atoms with Crippen LogP contribution in [-0.4, -0.2) is 30.9 Å². The standard InChI is InChI=1S/C21H18N2O6/c1-11-4-6-14(8-12(11)2)23-19(25)16(18(24)22-21(23)28)10-13-5-7-17(29-3)15(9-13)20(26)27/h4-10H,1-3H3,(H,26,27)(H,22,24,28)/p-1/b16-10+. The summed E-state index contributed by atoms with van der Waals surface area (Å²) in [5, 5.41) is 13.4. The number of nitrogens with one attached hydrogen (secondary N) is 1. The van der Waals surface area contributed by atoms with E-state index in [1.54, 1.807) is 18.2 Å². The third kappa shape index (κ3) is 3.73. The van der Waals surface area contributed by atoms with Crippen LogP contribution in [0.25, 0.3) is 6.08 Å². The number of imide groups is 2. The number of carbonyl (C=O) groups excluding carboxylic acids is 4. The quantitative estimate of drug-likeness (QED) is 0.619. The van der Waals surface area contributed by atoms with Gasteiger partial charge in [-0.2, -0.15) is 0 Å². The number of carbonyl (C=O) groups is 4. The Morgan fingerprint density at radius 3 is 2.41 bits per heavy atom. The summed E-state index contributed by atoms with van der Waals surface area (Å²) in [5.74, 6) is -3.06. The highest BCUT2D eigenvalue weighted by atomic mass is 16.5. The SMILES string of the molecule is COc1ccc(/C=C2\C(=O)NC(=O)N(c3ccc(C)c(C)c3)C2=O)cc1C(=O)[O-]. The van der Waals surface area contributed by atoms with Crippen LogP contribution in [0.5, 0.6) is 5.75 Å². The van der Waals surface area contributed by atoms with Gasteiger partial charge in [0.2, 0.25) is 0 Å². The normalized spacial score (nSPS) is 15.5. The van der Waals surface area contributed by atoms with E-state index >= 15 is 0 Å². The summed E-state index contributed by atoms with van der Waals surface area (Å²) in [5.41, 5.74) is 1.90. The first kappa shape index (κ1) is 19.8. The summed E-state index contributed by atoms with van der Waals surface area (Å²) in [6.07, 6.45) is 1.21. The number of aromatic carboxylic acids is 1. The van der Waals surface area contributed by atoms with Crippen molar-refractivity contribution in [1.82, 2.24) is 5.32 Å². The molecule has 0 atom stereocenters. The van der Waals surface area contributed by atoms with Crippen LogP contribution in [0, 0.1) is 13.8 Å². The third-order valence-electron chi connectivity index (χ3n) is 4.60. The minimum atomic E-state index is -1.46. The van der Waals surface area contributed by atoms with Crippen molar-refractivity contribution in [3.8, 4) is 5.75 Å². The number of urea groups is 1. The van der Waals surface area contributed by atoms with Gasteiger partial charge < -0.3 is 14.6 Å². The van der Waals surface area contributed by atoms with Crippen LogP contribution in [0.4, 0.5) is 10.5 Å². The molecule has 1 fully saturated rings. The molecule has 1 heterocycles. The smallest absolute Gasteiger partial charge is 0.335 e. The number of nitrogens with zero attached hydrogens (tertiary/aromatic N) is 1. The molecule has 0 bridgehead atoms. The summed E-state index contributed by atoms with van der Waals surface area (Å²) in [6.45, 7) is 3.73. The zero-order chi connectivity index (χ0) is 21.3. The molecule has 3 rings (SSSR count). The van der Waals surface area contributed by atoms with Crippen molar-refractivity contribution in [3.05, 3.63) is 64.2 Å². The van der Waals surface area contributed by atoms with Gasteiger partial charge in [0.25, 0.3) is 11.8 Å². The second kappa shape index (κ2) is 7.59. The Morgan fingerprint density at radius 2 is 1.79 bits per heavy atom. The Labute approximate surface area is 166 Å². The Kier molecular flexibility index (Phi) is 5.18. The van der Waals surface area contributed by atoms with E-state index in [0.717, 1.165) is 16.0 Å². The van der Waals surface area contributed by atoms with Gasteiger partial charge in [0, 0.05) is 5.56 Å². The Hall–Kier alpha value is -3.94. The maximum absolute atomic E-state index is 12.9. The number of carboxylic acids is 1. The van der Waals surface area contributed by atoms with Crippen molar-refractivity contribution in [2.75, 3.05) is 12.0 Å². The fourth-order valence-electron chi connectivity index (χ4n) is 2.90. The summed E-state index contributed by atoms with van der Waals surface area (Å²) in [7, 11) is 1.31. The van der Waals surface area contributed by atoms with Crippen LogP contribution in [0.1, 0.15) is 27.0 Å². The van der Waals surface area contributed by atoms with Gasteiger partial charge in [-0.1, -0.05) is 12.1 Å². The Balaban J connectivity index is 2.04. The van der Waals surface area contributed by atoms with Crippen LogP contribution in [0.2, 0.25) is 0 Å². The summed E-state index contributed by atoms with van der Waals surface area (Å²) in [4.78, 5) is 49.6. The molecule has 0 aromatic heterocycles. The van der Waals surface area contributed by atoms with Crippen molar-refractivity contribution in [2.24, 2.45) is 0 Å². The van der Waals surface area contributed by atoms with E-state index in [0.29, 0.717) is 5.69 Å². The number of carboxylic acid groups (broad SMARTS) is 1. The van der Waals surface area contributed by atoms with E-state index in [1.165, 1.54) is 31.4 Å². The van der Waals surface area contributed by atoms with E-state index < -0.39 is 23.8 Å². The van der Waals surface area contributed by atoms with Crippen molar-refractivity contribution in [1.29, 1.82) is 0 Å². The molecule has 1 N–H and O–H groups in total. The van der Waals surface area contributed by atoms with Gasteiger partial charge in [0.05, 0.1) is 18.8 Å². The van der Waals surface area contributed by atoms with Crippen molar-refractivity contribution < 1.29 is 29.0 Å². The number of rotatable bonds is 4. The van der Waals surface area contributed by atoms with Gasteiger partial charge in [0.1, 0.15) is 11.3 Å². The number of hydrogen-bond acceptors (Lipinski definition) is 6. The lowest BCUT2D eigenvalue weighted by molar-refractivity contribution is -0.255. The van der Waals surface area contributed by atoms with E-state index in [1.807, 2.05) is 13.8 Å².